The molecule has 0 aliphatic rings. The predicted octanol–water partition coefficient (Wildman–Crippen LogP) is 4.29. The number of benzene rings is 2. The van der Waals surface area contributed by atoms with Gasteiger partial charge in [0.2, 0.25) is 0 Å². The minimum Gasteiger partial charge on any atom is -0.486 e. The van der Waals surface area contributed by atoms with Crippen LogP contribution in [0.5, 0.6) is 5.75 Å². The first kappa shape index (κ1) is 14.8. The second-order valence-electron chi connectivity index (χ2n) is 5.10. The summed E-state index contributed by atoms with van der Waals surface area (Å²) in [4.78, 5) is 0. The Hall–Kier alpha value is -1.58. The molecular formula is C16H16ClFO2. The van der Waals surface area contributed by atoms with E-state index in [2.05, 4.69) is 0 Å². The first-order chi connectivity index (χ1) is 9.38. The normalized spacial score (nSPS) is 11.4. The summed E-state index contributed by atoms with van der Waals surface area (Å²) in [5.41, 5.74) is -0.274. The predicted molar refractivity (Wildman–Crippen MR) is 77.4 cm³/mol. The molecule has 2 aromatic rings. The molecular weight excluding hydrogens is 279 g/mol. The first-order valence-electron chi connectivity index (χ1n) is 6.26. The third-order valence-electron chi connectivity index (χ3n) is 2.90. The minimum absolute atomic E-state index is 0.0403. The Labute approximate surface area is 122 Å². The van der Waals surface area contributed by atoms with Crippen LogP contribution in [0.4, 0.5) is 4.39 Å². The van der Waals surface area contributed by atoms with Gasteiger partial charge in [-0.3, -0.25) is 0 Å². The highest BCUT2D eigenvalue weighted by atomic mass is 35.5. The van der Waals surface area contributed by atoms with Gasteiger partial charge in [-0.1, -0.05) is 41.9 Å². The molecule has 0 atom stereocenters. The van der Waals surface area contributed by atoms with Gasteiger partial charge in [0.25, 0.3) is 0 Å². The molecule has 0 unspecified atom stereocenters. The molecule has 0 fully saturated rings. The summed E-state index contributed by atoms with van der Waals surface area (Å²) >= 11 is 5.95. The Balaban J connectivity index is 2.26. The van der Waals surface area contributed by atoms with Crippen LogP contribution in [0.1, 0.15) is 25.0 Å². The zero-order valence-electron chi connectivity index (χ0n) is 11.4. The number of halogens is 2. The number of hydrogen-bond donors (Lipinski definition) is 1. The Morgan fingerprint density at radius 1 is 1.20 bits per heavy atom. The molecule has 4 heteroatoms. The molecule has 0 saturated heterocycles. The van der Waals surface area contributed by atoms with Crippen molar-refractivity contribution in [3.8, 4) is 5.75 Å². The van der Waals surface area contributed by atoms with Crippen LogP contribution < -0.4 is 4.74 Å². The van der Waals surface area contributed by atoms with E-state index in [1.54, 1.807) is 0 Å². The van der Waals surface area contributed by atoms with Gasteiger partial charge in [0, 0.05) is 16.7 Å². The highest BCUT2D eigenvalue weighted by Crippen LogP contribution is 2.32. The van der Waals surface area contributed by atoms with Crippen LogP contribution in [0.25, 0.3) is 0 Å². The van der Waals surface area contributed by atoms with Gasteiger partial charge in [0.1, 0.15) is 6.61 Å². The highest BCUT2D eigenvalue weighted by Gasteiger charge is 2.24. The van der Waals surface area contributed by atoms with Gasteiger partial charge in [0.15, 0.2) is 11.6 Å². The Morgan fingerprint density at radius 3 is 2.45 bits per heavy atom. The molecule has 0 radical (unpaired) electrons. The molecule has 0 spiro atoms. The standard InChI is InChI=1S/C16H16ClFO2/c1-16(2,19)13-8-12(17)9-14(15(13)18)20-10-11-6-4-3-5-7-11/h3-9,19H,10H2,1-2H3. The average molecular weight is 295 g/mol. The number of rotatable bonds is 4. The fourth-order valence-electron chi connectivity index (χ4n) is 1.85. The van der Waals surface area contributed by atoms with Gasteiger partial charge in [-0.25, -0.2) is 4.39 Å². The maximum atomic E-state index is 14.3. The van der Waals surface area contributed by atoms with E-state index < -0.39 is 11.4 Å². The molecule has 0 amide bonds. The van der Waals surface area contributed by atoms with Crippen molar-refractivity contribution in [3.63, 3.8) is 0 Å². The Morgan fingerprint density at radius 2 is 1.85 bits per heavy atom. The fraction of sp³-hybridized carbons (Fsp3) is 0.250. The average Bonchev–Trinajstić information content (AvgIpc) is 2.39. The lowest BCUT2D eigenvalue weighted by Crippen LogP contribution is -2.18. The highest BCUT2D eigenvalue weighted by molar-refractivity contribution is 6.30. The SMILES string of the molecule is CC(C)(O)c1cc(Cl)cc(OCc2ccccc2)c1F. The maximum Gasteiger partial charge on any atom is 0.171 e. The summed E-state index contributed by atoms with van der Waals surface area (Å²) in [7, 11) is 0. The molecule has 0 aliphatic carbocycles. The van der Waals surface area contributed by atoms with E-state index >= 15 is 0 Å². The van der Waals surface area contributed by atoms with Crippen LogP contribution in [0, 0.1) is 5.82 Å². The van der Waals surface area contributed by atoms with E-state index in [0.717, 1.165) is 5.56 Å². The number of hydrogen-bond acceptors (Lipinski definition) is 2. The summed E-state index contributed by atoms with van der Waals surface area (Å²) < 4.78 is 19.8. The number of aliphatic hydroxyl groups is 1. The topological polar surface area (TPSA) is 29.5 Å². The van der Waals surface area contributed by atoms with Gasteiger partial charge in [-0.15, -0.1) is 0 Å². The molecule has 0 aromatic heterocycles. The van der Waals surface area contributed by atoms with Gasteiger partial charge in [-0.2, -0.15) is 0 Å². The van der Waals surface area contributed by atoms with E-state index in [0.29, 0.717) is 5.02 Å². The third-order valence-corrected chi connectivity index (χ3v) is 3.12. The first-order valence-corrected chi connectivity index (χ1v) is 6.64. The van der Waals surface area contributed by atoms with Crippen LogP contribution in [0.2, 0.25) is 5.02 Å². The van der Waals surface area contributed by atoms with Gasteiger partial charge >= 0.3 is 0 Å². The summed E-state index contributed by atoms with van der Waals surface area (Å²) in [5, 5.41) is 10.3. The van der Waals surface area contributed by atoms with Crippen molar-refractivity contribution in [1.29, 1.82) is 0 Å². The smallest absolute Gasteiger partial charge is 0.171 e. The molecule has 0 heterocycles. The van der Waals surface area contributed by atoms with E-state index in [1.807, 2.05) is 30.3 Å². The van der Waals surface area contributed by atoms with Crippen LogP contribution in [0.15, 0.2) is 42.5 Å². The second kappa shape index (κ2) is 5.81. The third kappa shape index (κ3) is 3.50. The maximum absolute atomic E-state index is 14.3. The van der Waals surface area contributed by atoms with Crippen LogP contribution in [0.3, 0.4) is 0 Å². The lowest BCUT2D eigenvalue weighted by Gasteiger charge is -2.20. The van der Waals surface area contributed by atoms with Crippen molar-refractivity contribution in [2.75, 3.05) is 0 Å². The lowest BCUT2D eigenvalue weighted by molar-refractivity contribution is 0.0736. The monoisotopic (exact) mass is 294 g/mol. The summed E-state index contributed by atoms with van der Waals surface area (Å²) in [6.45, 7) is 3.24. The lowest BCUT2D eigenvalue weighted by atomic mass is 9.97. The molecule has 20 heavy (non-hydrogen) atoms. The Kier molecular flexibility index (Phi) is 4.31. The van der Waals surface area contributed by atoms with Crippen molar-refractivity contribution in [1.82, 2.24) is 0 Å². The van der Waals surface area contributed by atoms with Crippen molar-refractivity contribution in [3.05, 3.63) is 64.4 Å². The molecule has 0 saturated carbocycles. The van der Waals surface area contributed by atoms with E-state index in [-0.39, 0.29) is 17.9 Å². The van der Waals surface area contributed by atoms with Gasteiger partial charge in [0.05, 0.1) is 5.60 Å². The molecule has 0 aliphatic heterocycles. The quantitative estimate of drug-likeness (QED) is 0.912. The summed E-state index contributed by atoms with van der Waals surface area (Å²) in [5.74, 6) is -0.545. The van der Waals surface area contributed by atoms with Gasteiger partial charge in [-0.05, 0) is 25.5 Å². The van der Waals surface area contributed by atoms with Gasteiger partial charge < -0.3 is 9.84 Å². The van der Waals surface area contributed by atoms with E-state index in [9.17, 15) is 9.50 Å². The molecule has 0 bridgehead atoms. The molecule has 2 rings (SSSR count). The van der Waals surface area contributed by atoms with E-state index in [4.69, 9.17) is 16.3 Å². The summed E-state index contributed by atoms with van der Waals surface area (Å²) in [6.07, 6.45) is 0. The van der Waals surface area contributed by atoms with Crippen molar-refractivity contribution in [2.24, 2.45) is 0 Å². The summed E-state index contributed by atoms with van der Waals surface area (Å²) in [6, 6.07) is 12.3. The zero-order chi connectivity index (χ0) is 14.8. The van der Waals surface area contributed by atoms with Crippen LogP contribution in [-0.2, 0) is 12.2 Å². The molecule has 2 aromatic carbocycles. The van der Waals surface area contributed by atoms with E-state index in [1.165, 1.54) is 26.0 Å². The van der Waals surface area contributed by atoms with Crippen molar-refractivity contribution in [2.45, 2.75) is 26.1 Å². The molecule has 1 N–H and O–H groups in total. The van der Waals surface area contributed by atoms with Crippen molar-refractivity contribution < 1.29 is 14.2 Å². The molecule has 2 nitrogen and oxygen atoms in total. The molecule has 106 valence electrons. The van der Waals surface area contributed by atoms with Crippen LogP contribution >= 0.6 is 11.6 Å². The zero-order valence-corrected chi connectivity index (χ0v) is 12.1. The van der Waals surface area contributed by atoms with Crippen molar-refractivity contribution >= 4 is 11.6 Å². The Bertz CT molecular complexity index is 591. The second-order valence-corrected chi connectivity index (χ2v) is 5.54. The minimum atomic E-state index is -1.32. The number of ether oxygens (including phenoxy) is 1. The largest absolute Gasteiger partial charge is 0.486 e. The van der Waals surface area contributed by atoms with Crippen LogP contribution in [-0.4, -0.2) is 5.11 Å². The fourth-order valence-corrected chi connectivity index (χ4v) is 2.06.